The van der Waals surface area contributed by atoms with E-state index in [1.807, 2.05) is 6.92 Å². The van der Waals surface area contributed by atoms with E-state index in [1.165, 1.54) is 0 Å². The van der Waals surface area contributed by atoms with Gasteiger partial charge in [-0.05, 0) is 34.5 Å². The zero-order valence-electron chi connectivity index (χ0n) is 11.2. The highest BCUT2D eigenvalue weighted by molar-refractivity contribution is 9.10. The molecule has 9 heteroatoms. The summed E-state index contributed by atoms with van der Waals surface area (Å²) in [6, 6.07) is 3.68. The number of nitrogens with zero attached hydrogens (tertiary/aromatic N) is 1. The molecule has 1 aromatic carbocycles. The van der Waals surface area contributed by atoms with Crippen molar-refractivity contribution in [3.05, 3.63) is 34.2 Å². The number of sulfonamides is 1. The van der Waals surface area contributed by atoms with Crippen LogP contribution in [0.2, 0.25) is 0 Å². The second-order valence-electron chi connectivity index (χ2n) is 4.44. The van der Waals surface area contributed by atoms with Gasteiger partial charge in [0.1, 0.15) is 10.7 Å². The number of benzene rings is 1. The van der Waals surface area contributed by atoms with Gasteiger partial charge >= 0.3 is 0 Å². The fourth-order valence-corrected chi connectivity index (χ4v) is 3.80. The number of nitrogen functional groups attached to an aromatic ring is 1. The Morgan fingerprint density at radius 1 is 1.43 bits per heavy atom. The molecule has 114 valence electrons. The molecule has 0 aliphatic carbocycles. The SMILES string of the molecule is CCCc1cc(NS(=O)(=O)c2cc(N)c(F)cc2Br)n[nH]1. The molecule has 1 aromatic heterocycles. The average molecular weight is 377 g/mol. The summed E-state index contributed by atoms with van der Waals surface area (Å²) in [5, 5.41) is 6.62. The maximum absolute atomic E-state index is 13.3. The summed E-state index contributed by atoms with van der Waals surface area (Å²) in [7, 11) is -3.91. The molecule has 6 nitrogen and oxygen atoms in total. The molecule has 0 bridgehead atoms. The van der Waals surface area contributed by atoms with Crippen LogP contribution in [-0.4, -0.2) is 18.6 Å². The fraction of sp³-hybridized carbons (Fsp3) is 0.250. The van der Waals surface area contributed by atoms with Crippen LogP contribution in [0.25, 0.3) is 0 Å². The first-order chi connectivity index (χ1) is 9.83. The zero-order chi connectivity index (χ0) is 15.6. The Morgan fingerprint density at radius 3 is 2.81 bits per heavy atom. The number of nitrogens with two attached hydrogens (primary N) is 1. The summed E-state index contributed by atoms with van der Waals surface area (Å²) >= 11 is 3.02. The van der Waals surface area contributed by atoms with Gasteiger partial charge in [0, 0.05) is 16.2 Å². The first-order valence-corrected chi connectivity index (χ1v) is 8.42. The largest absolute Gasteiger partial charge is 0.396 e. The van der Waals surface area contributed by atoms with Gasteiger partial charge in [-0.1, -0.05) is 13.3 Å². The highest BCUT2D eigenvalue weighted by Gasteiger charge is 2.21. The van der Waals surface area contributed by atoms with Crippen molar-refractivity contribution in [2.24, 2.45) is 0 Å². The normalized spacial score (nSPS) is 11.6. The van der Waals surface area contributed by atoms with Crippen molar-refractivity contribution in [1.29, 1.82) is 0 Å². The van der Waals surface area contributed by atoms with Gasteiger partial charge < -0.3 is 5.73 Å². The van der Waals surface area contributed by atoms with Gasteiger partial charge in [0.2, 0.25) is 0 Å². The third kappa shape index (κ3) is 3.53. The van der Waals surface area contributed by atoms with E-state index in [2.05, 4.69) is 30.8 Å². The molecule has 0 atom stereocenters. The minimum Gasteiger partial charge on any atom is -0.396 e. The lowest BCUT2D eigenvalue weighted by molar-refractivity contribution is 0.599. The summed E-state index contributed by atoms with van der Waals surface area (Å²) in [5.74, 6) is -0.515. The van der Waals surface area contributed by atoms with Crippen LogP contribution < -0.4 is 10.5 Å². The predicted molar refractivity (Wildman–Crippen MR) is 81.9 cm³/mol. The number of halogens is 2. The second kappa shape index (κ2) is 6.02. The molecule has 0 aliphatic rings. The second-order valence-corrected chi connectivity index (χ2v) is 6.94. The van der Waals surface area contributed by atoms with Crippen LogP contribution in [0, 0.1) is 5.82 Å². The van der Waals surface area contributed by atoms with Gasteiger partial charge in [0.25, 0.3) is 10.0 Å². The molecule has 0 saturated carbocycles. The first kappa shape index (κ1) is 15.8. The standard InChI is InChI=1S/C12H14BrFN4O2S/c1-2-3-7-4-12(17-16-7)18-21(19,20)11-6-10(15)9(14)5-8(11)13/h4-6H,2-3,15H2,1H3,(H2,16,17,18). The van der Waals surface area contributed by atoms with Gasteiger partial charge in [-0.3, -0.25) is 9.82 Å². The van der Waals surface area contributed by atoms with Gasteiger partial charge in [-0.15, -0.1) is 0 Å². The number of H-pyrrole nitrogens is 1. The Morgan fingerprint density at radius 2 is 2.14 bits per heavy atom. The summed E-state index contributed by atoms with van der Waals surface area (Å²) in [6.45, 7) is 2.00. The minimum absolute atomic E-state index is 0.0889. The number of aromatic amines is 1. The van der Waals surface area contributed by atoms with Crippen molar-refractivity contribution in [2.45, 2.75) is 24.7 Å². The Bertz CT molecular complexity index is 761. The van der Waals surface area contributed by atoms with Crippen LogP contribution in [0.1, 0.15) is 19.0 Å². The van der Waals surface area contributed by atoms with Crippen molar-refractivity contribution < 1.29 is 12.8 Å². The maximum Gasteiger partial charge on any atom is 0.264 e. The minimum atomic E-state index is -3.91. The monoisotopic (exact) mass is 376 g/mol. The molecule has 0 amide bonds. The molecule has 1 heterocycles. The summed E-state index contributed by atoms with van der Waals surface area (Å²) < 4.78 is 40.2. The Labute approximate surface area is 130 Å². The molecule has 0 spiro atoms. The van der Waals surface area contributed by atoms with Crippen molar-refractivity contribution >= 4 is 37.5 Å². The highest BCUT2D eigenvalue weighted by Crippen LogP contribution is 2.28. The lowest BCUT2D eigenvalue weighted by atomic mass is 10.2. The van der Waals surface area contributed by atoms with Gasteiger partial charge in [-0.2, -0.15) is 5.10 Å². The van der Waals surface area contributed by atoms with Crippen molar-refractivity contribution in [3.63, 3.8) is 0 Å². The number of hydrogen-bond donors (Lipinski definition) is 3. The smallest absolute Gasteiger partial charge is 0.264 e. The lowest BCUT2D eigenvalue weighted by Crippen LogP contribution is -2.14. The summed E-state index contributed by atoms with van der Waals surface area (Å²) in [6.07, 6.45) is 1.68. The number of nitrogens with one attached hydrogen (secondary N) is 2. The highest BCUT2D eigenvalue weighted by atomic mass is 79.9. The molecule has 0 saturated heterocycles. The van der Waals surface area contributed by atoms with E-state index < -0.39 is 15.8 Å². The van der Waals surface area contributed by atoms with Gasteiger partial charge in [0.05, 0.1) is 5.69 Å². The number of anilines is 2. The molecular weight excluding hydrogens is 363 g/mol. The summed E-state index contributed by atoms with van der Waals surface area (Å²) in [5.41, 5.74) is 6.00. The van der Waals surface area contributed by atoms with E-state index in [1.54, 1.807) is 6.07 Å². The van der Waals surface area contributed by atoms with E-state index in [-0.39, 0.29) is 20.9 Å². The van der Waals surface area contributed by atoms with E-state index >= 15 is 0 Å². The van der Waals surface area contributed by atoms with Crippen LogP contribution in [0.3, 0.4) is 0 Å². The molecule has 0 aliphatic heterocycles. The zero-order valence-corrected chi connectivity index (χ0v) is 13.6. The van der Waals surface area contributed by atoms with Crippen LogP contribution >= 0.6 is 15.9 Å². The Kier molecular flexibility index (Phi) is 4.52. The number of aryl methyl sites for hydroxylation is 1. The molecule has 21 heavy (non-hydrogen) atoms. The van der Waals surface area contributed by atoms with Crippen molar-refractivity contribution in [2.75, 3.05) is 10.5 Å². The summed E-state index contributed by atoms with van der Waals surface area (Å²) in [4.78, 5) is -0.151. The van der Waals surface area contributed by atoms with Crippen molar-refractivity contribution in [1.82, 2.24) is 10.2 Å². The van der Waals surface area contributed by atoms with Crippen LogP contribution in [-0.2, 0) is 16.4 Å². The Hall–Kier alpha value is -1.61. The predicted octanol–water partition coefficient (Wildman–Crippen LogP) is 2.65. The number of rotatable bonds is 5. The fourth-order valence-electron chi connectivity index (χ4n) is 1.75. The van der Waals surface area contributed by atoms with Gasteiger partial charge in [0.15, 0.2) is 5.82 Å². The average Bonchev–Trinajstić information content (AvgIpc) is 2.80. The third-order valence-corrected chi connectivity index (χ3v) is 5.04. The van der Waals surface area contributed by atoms with Crippen LogP contribution in [0.15, 0.2) is 27.6 Å². The van der Waals surface area contributed by atoms with E-state index in [9.17, 15) is 12.8 Å². The Balaban J connectivity index is 2.31. The van der Waals surface area contributed by atoms with Crippen LogP contribution in [0.5, 0.6) is 0 Å². The number of aromatic nitrogens is 2. The lowest BCUT2D eigenvalue weighted by Gasteiger charge is -2.08. The molecule has 0 fully saturated rings. The first-order valence-electron chi connectivity index (χ1n) is 6.15. The maximum atomic E-state index is 13.3. The molecule has 0 unspecified atom stereocenters. The molecule has 2 aromatic rings. The van der Waals surface area contributed by atoms with E-state index in [0.717, 1.165) is 30.7 Å². The molecular formula is C12H14BrFN4O2S. The topological polar surface area (TPSA) is 101 Å². The third-order valence-electron chi connectivity index (χ3n) is 2.73. The van der Waals surface area contributed by atoms with Gasteiger partial charge in [-0.25, -0.2) is 12.8 Å². The van der Waals surface area contributed by atoms with Crippen molar-refractivity contribution in [3.8, 4) is 0 Å². The van der Waals surface area contributed by atoms with E-state index in [0.29, 0.717) is 0 Å². The van der Waals surface area contributed by atoms with Crippen LogP contribution in [0.4, 0.5) is 15.9 Å². The molecule has 4 N–H and O–H groups in total. The quantitative estimate of drug-likeness (QED) is 0.698. The number of hydrogen-bond acceptors (Lipinski definition) is 4. The van der Waals surface area contributed by atoms with E-state index in [4.69, 9.17) is 5.73 Å². The molecule has 0 radical (unpaired) electrons. The molecule has 2 rings (SSSR count).